The first-order valence-electron chi connectivity index (χ1n) is 19.0. The maximum Gasteiger partial charge on any atom is 0.198 e. The Hall–Kier alpha value is -5.98. The third-order valence-corrected chi connectivity index (χ3v) is 14.7. The summed E-state index contributed by atoms with van der Waals surface area (Å²) in [7, 11) is 0. The lowest BCUT2D eigenvalue weighted by Crippen LogP contribution is -2.23. The molecule has 244 valence electrons. The lowest BCUT2D eigenvalue weighted by molar-refractivity contribution is 0.360. The van der Waals surface area contributed by atoms with E-state index in [-0.39, 0.29) is 10.9 Å². The first-order valence-corrected chi connectivity index (χ1v) is 19.0. The summed E-state index contributed by atoms with van der Waals surface area (Å²) in [6.45, 7) is 0. The summed E-state index contributed by atoms with van der Waals surface area (Å²) in [5.41, 5.74) is 11.5. The van der Waals surface area contributed by atoms with Crippen molar-refractivity contribution >= 4 is 87.0 Å². The van der Waals surface area contributed by atoms with E-state index in [0.29, 0.717) is 45.2 Å². The van der Waals surface area contributed by atoms with Crippen molar-refractivity contribution in [1.82, 2.24) is 8.80 Å². The third-order valence-electron chi connectivity index (χ3n) is 14.7. The Morgan fingerprint density at radius 1 is 0.462 bits per heavy atom. The van der Waals surface area contributed by atoms with Gasteiger partial charge in [0.25, 0.3) is 0 Å². The van der Waals surface area contributed by atoms with Gasteiger partial charge in [0, 0.05) is 43.1 Å². The smallest absolute Gasteiger partial charge is 0.198 e. The molecule has 5 aromatic heterocycles. The zero-order valence-corrected chi connectivity index (χ0v) is 28.2. The van der Waals surface area contributed by atoms with E-state index in [4.69, 9.17) is 0 Å². The van der Waals surface area contributed by atoms with Gasteiger partial charge in [0.1, 0.15) is 0 Å². The van der Waals surface area contributed by atoms with Crippen molar-refractivity contribution < 1.29 is 0 Å². The number of hydrogen-bond acceptors (Lipinski definition) is 4. The molecule has 0 amide bonds. The second-order valence-electron chi connectivity index (χ2n) is 16.5. The van der Waals surface area contributed by atoms with Crippen molar-refractivity contribution in [3.05, 3.63) is 102 Å². The summed E-state index contributed by atoms with van der Waals surface area (Å²) >= 11 is 0. The van der Waals surface area contributed by atoms with Gasteiger partial charge in [0.15, 0.2) is 10.9 Å². The predicted octanol–water partition coefficient (Wildman–Crippen LogP) is 9.99. The van der Waals surface area contributed by atoms with Crippen LogP contribution in [0.25, 0.3) is 87.0 Å². The molecule has 6 aliphatic carbocycles. The van der Waals surface area contributed by atoms with Gasteiger partial charge in [-0.05, 0) is 122 Å². The van der Waals surface area contributed by atoms with Gasteiger partial charge < -0.3 is 8.80 Å². The summed E-state index contributed by atoms with van der Waals surface area (Å²) in [6, 6.07) is 21.4. The Morgan fingerprint density at radius 3 is 1.27 bits per heavy atom. The third kappa shape index (κ3) is 2.57. The van der Waals surface area contributed by atoms with Crippen LogP contribution in [0.15, 0.2) is 58.1 Å². The van der Waals surface area contributed by atoms with Gasteiger partial charge in [-0.15, -0.1) is 0 Å². The molecule has 0 atom stereocenters. The topological polar surface area (TPSA) is 90.5 Å². The fourth-order valence-corrected chi connectivity index (χ4v) is 13.0. The zero-order valence-electron chi connectivity index (χ0n) is 28.2. The largest absolute Gasteiger partial charge is 0.308 e. The van der Waals surface area contributed by atoms with Crippen LogP contribution in [-0.4, -0.2) is 8.80 Å². The molecule has 6 heteroatoms. The lowest BCUT2D eigenvalue weighted by atomic mass is 9.64. The Morgan fingerprint density at radius 2 is 0.846 bits per heavy atom. The van der Waals surface area contributed by atoms with E-state index in [9.17, 15) is 10.5 Å². The Kier molecular flexibility index (Phi) is 4.32. The quantitative estimate of drug-likeness (QED) is 0.119. The molecule has 5 heterocycles. The van der Waals surface area contributed by atoms with Gasteiger partial charge in [-0.2, -0.15) is 10.5 Å². The highest BCUT2D eigenvalue weighted by Gasteiger charge is 2.42. The van der Waals surface area contributed by atoms with Crippen LogP contribution in [0.5, 0.6) is 0 Å². The van der Waals surface area contributed by atoms with Crippen LogP contribution in [0, 0.1) is 22.7 Å². The van der Waals surface area contributed by atoms with Crippen LogP contribution < -0.4 is 10.9 Å². The molecule has 4 bridgehead atoms. The van der Waals surface area contributed by atoms with E-state index in [1.54, 1.807) is 0 Å². The molecule has 0 unspecified atom stereocenters. The first-order chi connectivity index (χ1) is 25.6. The summed E-state index contributed by atoms with van der Waals surface area (Å²) < 4.78 is 4.55. The highest BCUT2D eigenvalue weighted by Crippen LogP contribution is 2.59. The Bertz CT molecular complexity index is 3330. The van der Waals surface area contributed by atoms with Gasteiger partial charge >= 0.3 is 0 Å². The van der Waals surface area contributed by atoms with Crippen LogP contribution in [0.3, 0.4) is 0 Å². The molecule has 2 saturated carbocycles. The SMILES string of the molecule is N#Cc1cc2c(c3c1C1CCC3CC1)c1c3c(=O)c4cccc5c6cccc7c(=O)c(c8c9c%10c(c(C#N)cc9n2c18)C1CCC%10CC1)c3n(c45)c76. The monoisotopic (exact) mass is 668 g/mol. The van der Waals surface area contributed by atoms with E-state index in [1.165, 1.54) is 22.3 Å². The van der Waals surface area contributed by atoms with Crippen molar-refractivity contribution in [2.24, 2.45) is 0 Å². The molecule has 6 aliphatic rings. The Balaban J connectivity index is 1.41. The average molecular weight is 669 g/mol. The van der Waals surface area contributed by atoms with Gasteiger partial charge in [-0.25, -0.2) is 0 Å². The fourth-order valence-electron chi connectivity index (χ4n) is 13.0. The van der Waals surface area contributed by atoms with Gasteiger partial charge in [0.2, 0.25) is 0 Å². The van der Waals surface area contributed by atoms with Crippen LogP contribution in [-0.2, 0) is 0 Å². The maximum atomic E-state index is 15.4. The van der Waals surface area contributed by atoms with Gasteiger partial charge in [-0.1, -0.05) is 24.3 Å². The minimum absolute atomic E-state index is 0.0344. The highest BCUT2D eigenvalue weighted by molar-refractivity contribution is 6.40. The number of pyridine rings is 2. The standard InChI is InChI=1S/C46H28N4O2/c47-17-23-15-29-35(33-21-11-7-19(8-12-21)31(23)33)37-39-44-40(46(52)28-6-2-4-26-25-3-1-5-27(45(39)51)41(25)50(44)42(26)28)38-36-30(49(29)43(37)38)16-24(18-48)32-20-9-13-22(14-10-20)34(32)36/h1-6,15-16,19-22H,7-14H2. The Labute approximate surface area is 295 Å². The highest BCUT2D eigenvalue weighted by atomic mass is 16.1. The predicted molar refractivity (Wildman–Crippen MR) is 206 cm³/mol. The van der Waals surface area contributed by atoms with Crippen molar-refractivity contribution in [3.8, 4) is 12.1 Å². The van der Waals surface area contributed by atoms with Crippen LogP contribution in [0.1, 0.15) is 108 Å². The maximum absolute atomic E-state index is 15.4. The second-order valence-corrected chi connectivity index (χ2v) is 16.5. The molecule has 2 fully saturated rings. The number of hydrogen-bond donors (Lipinski definition) is 0. The van der Waals surface area contributed by atoms with E-state index >= 15 is 9.59 Å². The molecule has 10 aromatic rings. The van der Waals surface area contributed by atoms with Crippen molar-refractivity contribution in [3.63, 3.8) is 0 Å². The minimum atomic E-state index is -0.0344. The van der Waals surface area contributed by atoms with E-state index < -0.39 is 0 Å². The molecule has 16 rings (SSSR count). The summed E-state index contributed by atoms with van der Waals surface area (Å²) in [4.78, 5) is 30.8. The number of para-hydroxylation sites is 2. The summed E-state index contributed by atoms with van der Waals surface area (Å²) in [5.74, 6) is 1.30. The van der Waals surface area contributed by atoms with Crippen LogP contribution in [0.2, 0.25) is 0 Å². The van der Waals surface area contributed by atoms with E-state index in [2.05, 4.69) is 45.2 Å². The van der Waals surface area contributed by atoms with Crippen molar-refractivity contribution in [1.29, 1.82) is 10.5 Å². The molecule has 0 spiro atoms. The first kappa shape index (κ1) is 26.8. The van der Waals surface area contributed by atoms with Crippen molar-refractivity contribution in [2.75, 3.05) is 0 Å². The molecule has 5 aromatic carbocycles. The van der Waals surface area contributed by atoms with Crippen molar-refractivity contribution in [2.45, 2.75) is 75.0 Å². The molecule has 52 heavy (non-hydrogen) atoms. The second kappa shape index (κ2) is 8.38. The molecule has 0 radical (unpaired) electrons. The van der Waals surface area contributed by atoms with Gasteiger partial charge in [0.05, 0.1) is 67.1 Å². The van der Waals surface area contributed by atoms with E-state index in [0.717, 1.165) is 128 Å². The normalized spacial score (nSPS) is 22.5. The molecular formula is C46H28N4O2. The minimum Gasteiger partial charge on any atom is -0.308 e. The number of aromatic nitrogens is 2. The molecule has 0 aliphatic heterocycles. The van der Waals surface area contributed by atoms with Crippen LogP contribution in [0.4, 0.5) is 0 Å². The fraction of sp³-hybridized carbons (Fsp3) is 0.261. The number of rotatable bonds is 0. The van der Waals surface area contributed by atoms with Crippen LogP contribution >= 0.6 is 0 Å². The number of benzene rings is 5. The molecule has 0 saturated heterocycles. The van der Waals surface area contributed by atoms with E-state index in [1.807, 2.05) is 24.3 Å². The lowest BCUT2D eigenvalue weighted by Gasteiger charge is -2.40. The summed E-state index contributed by atoms with van der Waals surface area (Å²) in [6.07, 6.45) is 8.66. The molecule has 0 N–H and O–H groups in total. The zero-order chi connectivity index (χ0) is 34.0. The average Bonchev–Trinajstić information content (AvgIpc) is 3.84. The number of nitrogens with zero attached hydrogens (tertiary/aromatic N) is 4. The number of nitriles is 2. The number of fused-ring (bicyclic) bond motifs is 13. The molecule has 6 nitrogen and oxygen atoms in total. The summed E-state index contributed by atoms with van der Waals surface area (Å²) in [5, 5.41) is 30.1. The van der Waals surface area contributed by atoms with Gasteiger partial charge in [-0.3, -0.25) is 9.59 Å². The molecular weight excluding hydrogens is 641 g/mol.